The minimum absolute atomic E-state index is 0.500. The number of rotatable bonds is 4. The molecule has 3 nitrogen and oxygen atoms in total. The SMILES string of the molecule is Cc1c(-c2ccc(CNC3Cc4ccccc4C3)cc2Cl)ccc2[nH]cnc12. The van der Waals surface area contributed by atoms with E-state index in [0.717, 1.165) is 52.1 Å². The van der Waals surface area contributed by atoms with Crippen LogP contribution in [0.4, 0.5) is 0 Å². The van der Waals surface area contributed by atoms with Gasteiger partial charge in [0.05, 0.1) is 17.4 Å². The van der Waals surface area contributed by atoms with E-state index in [9.17, 15) is 0 Å². The maximum absolute atomic E-state index is 6.67. The van der Waals surface area contributed by atoms with Crippen LogP contribution in [0.25, 0.3) is 22.2 Å². The molecule has 28 heavy (non-hydrogen) atoms. The second-order valence-electron chi connectivity index (χ2n) is 7.61. The molecule has 0 amide bonds. The summed E-state index contributed by atoms with van der Waals surface area (Å²) in [5, 5.41) is 4.47. The average molecular weight is 388 g/mol. The molecule has 140 valence electrons. The van der Waals surface area contributed by atoms with Crippen LogP contribution in [0.5, 0.6) is 0 Å². The zero-order valence-corrected chi connectivity index (χ0v) is 16.6. The molecule has 4 aromatic rings. The van der Waals surface area contributed by atoms with Crippen molar-refractivity contribution in [1.82, 2.24) is 15.3 Å². The Hall–Kier alpha value is -2.62. The fourth-order valence-corrected chi connectivity index (χ4v) is 4.60. The van der Waals surface area contributed by atoms with Gasteiger partial charge in [0, 0.05) is 23.2 Å². The molecule has 1 aliphatic rings. The Balaban J connectivity index is 1.33. The molecule has 0 saturated heterocycles. The van der Waals surface area contributed by atoms with Gasteiger partial charge in [-0.2, -0.15) is 0 Å². The summed E-state index contributed by atoms with van der Waals surface area (Å²) in [5.41, 5.74) is 9.54. The summed E-state index contributed by atoms with van der Waals surface area (Å²) >= 11 is 6.67. The number of nitrogens with one attached hydrogen (secondary N) is 2. The maximum atomic E-state index is 6.67. The number of imidazole rings is 1. The van der Waals surface area contributed by atoms with Crippen LogP contribution in [0.1, 0.15) is 22.3 Å². The van der Waals surface area contributed by atoms with Gasteiger partial charge in [0.25, 0.3) is 0 Å². The third-order valence-electron chi connectivity index (χ3n) is 5.81. The number of aryl methyl sites for hydroxylation is 1. The van der Waals surface area contributed by atoms with Crippen LogP contribution in [0.3, 0.4) is 0 Å². The van der Waals surface area contributed by atoms with E-state index in [0.29, 0.717) is 6.04 Å². The molecular weight excluding hydrogens is 366 g/mol. The summed E-state index contributed by atoms with van der Waals surface area (Å²) in [6, 6.07) is 19.8. The normalized spacial score (nSPS) is 13.9. The average Bonchev–Trinajstić information content (AvgIpc) is 3.34. The molecule has 2 N–H and O–H groups in total. The molecule has 5 rings (SSSR count). The van der Waals surface area contributed by atoms with Crippen LogP contribution in [0.15, 0.2) is 60.9 Å². The monoisotopic (exact) mass is 387 g/mol. The highest BCUT2D eigenvalue weighted by atomic mass is 35.5. The zero-order valence-electron chi connectivity index (χ0n) is 15.8. The Morgan fingerprint density at radius 3 is 2.54 bits per heavy atom. The van der Waals surface area contributed by atoms with Gasteiger partial charge in [-0.25, -0.2) is 4.98 Å². The number of aromatic nitrogens is 2. The van der Waals surface area contributed by atoms with Gasteiger partial charge in [0.1, 0.15) is 0 Å². The number of hydrogen-bond donors (Lipinski definition) is 2. The third kappa shape index (κ3) is 3.11. The van der Waals surface area contributed by atoms with Gasteiger partial charge >= 0.3 is 0 Å². The van der Waals surface area contributed by atoms with Crippen molar-refractivity contribution in [3.63, 3.8) is 0 Å². The van der Waals surface area contributed by atoms with E-state index >= 15 is 0 Å². The fourth-order valence-electron chi connectivity index (χ4n) is 4.29. The number of H-pyrrole nitrogens is 1. The van der Waals surface area contributed by atoms with Gasteiger partial charge < -0.3 is 10.3 Å². The summed E-state index contributed by atoms with van der Waals surface area (Å²) in [4.78, 5) is 7.59. The first-order chi connectivity index (χ1) is 13.7. The summed E-state index contributed by atoms with van der Waals surface area (Å²) in [6.45, 7) is 2.93. The number of hydrogen-bond acceptors (Lipinski definition) is 2. The van der Waals surface area contributed by atoms with Crippen LogP contribution < -0.4 is 5.32 Å². The van der Waals surface area contributed by atoms with Crippen LogP contribution in [-0.4, -0.2) is 16.0 Å². The van der Waals surface area contributed by atoms with E-state index in [1.807, 2.05) is 0 Å². The molecule has 0 aliphatic heterocycles. The predicted molar refractivity (Wildman–Crippen MR) is 116 cm³/mol. The highest BCUT2D eigenvalue weighted by Crippen LogP contribution is 2.33. The molecule has 3 aromatic carbocycles. The van der Waals surface area contributed by atoms with Crippen molar-refractivity contribution < 1.29 is 0 Å². The maximum Gasteiger partial charge on any atom is 0.0931 e. The van der Waals surface area contributed by atoms with Crippen molar-refractivity contribution in [2.24, 2.45) is 0 Å². The van der Waals surface area contributed by atoms with Crippen molar-refractivity contribution >= 4 is 22.6 Å². The van der Waals surface area contributed by atoms with E-state index in [1.54, 1.807) is 6.33 Å². The van der Waals surface area contributed by atoms with Crippen LogP contribution >= 0.6 is 11.6 Å². The van der Waals surface area contributed by atoms with E-state index in [1.165, 1.54) is 16.7 Å². The quantitative estimate of drug-likeness (QED) is 0.489. The Bertz CT molecular complexity index is 1140. The first kappa shape index (κ1) is 17.5. The van der Waals surface area contributed by atoms with Crippen LogP contribution in [-0.2, 0) is 19.4 Å². The van der Waals surface area contributed by atoms with Crippen molar-refractivity contribution in [3.05, 3.63) is 88.2 Å². The Labute approximate surface area is 169 Å². The lowest BCUT2D eigenvalue weighted by atomic mass is 9.98. The lowest BCUT2D eigenvalue weighted by Crippen LogP contribution is -2.28. The van der Waals surface area contributed by atoms with Gasteiger partial charge in [-0.3, -0.25) is 0 Å². The number of halogens is 1. The minimum atomic E-state index is 0.500. The molecule has 0 spiro atoms. The zero-order chi connectivity index (χ0) is 19.1. The fraction of sp³-hybridized carbons (Fsp3) is 0.208. The number of fused-ring (bicyclic) bond motifs is 2. The summed E-state index contributed by atoms with van der Waals surface area (Å²) in [7, 11) is 0. The number of benzene rings is 3. The molecule has 0 fully saturated rings. The molecule has 0 atom stereocenters. The van der Waals surface area contributed by atoms with Crippen LogP contribution in [0, 0.1) is 6.92 Å². The van der Waals surface area contributed by atoms with Gasteiger partial charge in [0.15, 0.2) is 0 Å². The molecular formula is C24H22ClN3. The van der Waals surface area contributed by atoms with E-state index in [-0.39, 0.29) is 0 Å². The van der Waals surface area contributed by atoms with E-state index in [4.69, 9.17) is 11.6 Å². The van der Waals surface area contributed by atoms with Gasteiger partial charge in [-0.05, 0) is 59.7 Å². The first-order valence-corrected chi connectivity index (χ1v) is 10.1. The Morgan fingerprint density at radius 1 is 1.04 bits per heavy atom. The van der Waals surface area contributed by atoms with E-state index < -0.39 is 0 Å². The Morgan fingerprint density at radius 2 is 1.79 bits per heavy atom. The topological polar surface area (TPSA) is 40.7 Å². The highest BCUT2D eigenvalue weighted by Gasteiger charge is 2.20. The second kappa shape index (κ2) is 7.08. The smallest absolute Gasteiger partial charge is 0.0931 e. The minimum Gasteiger partial charge on any atom is -0.345 e. The summed E-state index contributed by atoms with van der Waals surface area (Å²) < 4.78 is 0. The number of aromatic amines is 1. The molecule has 0 unspecified atom stereocenters. The molecule has 0 radical (unpaired) electrons. The molecule has 0 bridgehead atoms. The number of nitrogens with zero attached hydrogens (tertiary/aromatic N) is 1. The lowest BCUT2D eigenvalue weighted by molar-refractivity contribution is 0.533. The third-order valence-corrected chi connectivity index (χ3v) is 6.13. The second-order valence-corrected chi connectivity index (χ2v) is 8.01. The predicted octanol–water partition coefficient (Wildman–Crippen LogP) is 5.45. The van der Waals surface area contributed by atoms with Crippen molar-refractivity contribution in [3.8, 4) is 11.1 Å². The van der Waals surface area contributed by atoms with Gasteiger partial charge in [0.2, 0.25) is 0 Å². The largest absolute Gasteiger partial charge is 0.345 e. The summed E-state index contributed by atoms with van der Waals surface area (Å²) in [5.74, 6) is 0. The Kier molecular flexibility index (Phi) is 4.42. The van der Waals surface area contributed by atoms with Gasteiger partial charge in [-0.1, -0.05) is 54.1 Å². The molecule has 1 aromatic heterocycles. The molecule has 1 heterocycles. The molecule has 4 heteroatoms. The van der Waals surface area contributed by atoms with Crippen molar-refractivity contribution in [2.45, 2.75) is 32.4 Å². The first-order valence-electron chi connectivity index (χ1n) is 9.70. The standard InChI is InChI=1S/C24H22ClN3/c1-15-20(8-9-23-24(15)28-14-27-23)21-7-6-16(10-22(21)25)13-26-19-11-17-4-2-3-5-18(17)12-19/h2-10,14,19,26H,11-13H2,1H3,(H,27,28). The van der Waals surface area contributed by atoms with Crippen molar-refractivity contribution in [1.29, 1.82) is 0 Å². The van der Waals surface area contributed by atoms with Gasteiger partial charge in [-0.15, -0.1) is 0 Å². The van der Waals surface area contributed by atoms with E-state index in [2.05, 4.69) is 76.8 Å². The highest BCUT2D eigenvalue weighted by molar-refractivity contribution is 6.33. The van der Waals surface area contributed by atoms with Crippen molar-refractivity contribution in [2.75, 3.05) is 0 Å². The summed E-state index contributed by atoms with van der Waals surface area (Å²) in [6.07, 6.45) is 3.94. The lowest BCUT2D eigenvalue weighted by Gasteiger charge is -2.14. The van der Waals surface area contributed by atoms with Crippen LogP contribution in [0.2, 0.25) is 5.02 Å². The molecule has 0 saturated carbocycles. The molecule has 1 aliphatic carbocycles.